The lowest BCUT2D eigenvalue weighted by Crippen LogP contribution is -2.47. The molecule has 0 spiro atoms. The van der Waals surface area contributed by atoms with Crippen LogP contribution in [0.1, 0.15) is 29.8 Å². The molecule has 0 bridgehead atoms. The van der Waals surface area contributed by atoms with Crippen LogP contribution in [0.5, 0.6) is 5.75 Å². The largest absolute Gasteiger partial charge is 0.488 e. The Hall–Kier alpha value is -2.97. The summed E-state index contributed by atoms with van der Waals surface area (Å²) < 4.78 is 6.30. The van der Waals surface area contributed by atoms with Crippen LogP contribution in [0.3, 0.4) is 0 Å². The number of hydrogen-bond donors (Lipinski definition) is 3. The van der Waals surface area contributed by atoms with Crippen molar-refractivity contribution >= 4 is 17.5 Å². The van der Waals surface area contributed by atoms with Crippen LogP contribution in [-0.2, 0) is 11.2 Å². The first-order valence-electron chi connectivity index (χ1n) is 10.5. The number of fused-ring (bicyclic) bond motifs is 1. The van der Waals surface area contributed by atoms with Crippen LogP contribution in [-0.4, -0.2) is 65.7 Å². The van der Waals surface area contributed by atoms with Gasteiger partial charge in [-0.3, -0.25) is 14.6 Å². The third-order valence-electron chi connectivity index (χ3n) is 5.52. The van der Waals surface area contributed by atoms with Crippen molar-refractivity contribution in [2.24, 2.45) is 5.92 Å². The molecule has 166 valence electrons. The number of pyridine rings is 1. The number of benzene rings is 1. The maximum atomic E-state index is 13.1. The van der Waals surface area contributed by atoms with Gasteiger partial charge in [-0.15, -0.1) is 0 Å². The molecule has 31 heavy (non-hydrogen) atoms. The summed E-state index contributed by atoms with van der Waals surface area (Å²) in [7, 11) is 1.86. The normalized spacial score (nSPS) is 20.0. The lowest BCUT2D eigenvalue weighted by molar-refractivity contribution is -0.134. The highest BCUT2D eigenvalue weighted by molar-refractivity contribution is 6.04. The molecule has 3 rings (SSSR count). The number of amides is 2. The Morgan fingerprint density at radius 3 is 2.74 bits per heavy atom. The van der Waals surface area contributed by atoms with Crippen LogP contribution in [0.25, 0.3) is 0 Å². The highest BCUT2D eigenvalue weighted by atomic mass is 16.5. The second-order valence-corrected chi connectivity index (χ2v) is 7.96. The summed E-state index contributed by atoms with van der Waals surface area (Å²) in [5.41, 5.74) is 1.77. The number of carbonyl (C=O) groups is 2. The van der Waals surface area contributed by atoms with Crippen molar-refractivity contribution < 1.29 is 19.4 Å². The van der Waals surface area contributed by atoms with Gasteiger partial charge in [-0.1, -0.05) is 6.92 Å². The van der Waals surface area contributed by atoms with Crippen LogP contribution < -0.4 is 15.4 Å². The van der Waals surface area contributed by atoms with Gasteiger partial charge in [0.1, 0.15) is 11.9 Å². The van der Waals surface area contributed by atoms with Gasteiger partial charge in [-0.05, 0) is 44.3 Å². The van der Waals surface area contributed by atoms with Crippen molar-refractivity contribution in [3.05, 3.63) is 53.9 Å². The van der Waals surface area contributed by atoms with E-state index >= 15 is 0 Å². The quantitative estimate of drug-likeness (QED) is 0.650. The Morgan fingerprint density at radius 2 is 2.06 bits per heavy atom. The van der Waals surface area contributed by atoms with Gasteiger partial charge in [0.2, 0.25) is 5.91 Å². The number of ether oxygens (including phenoxy) is 1. The van der Waals surface area contributed by atoms with Crippen molar-refractivity contribution in [1.29, 1.82) is 0 Å². The molecule has 0 aliphatic carbocycles. The number of anilines is 1. The standard InChI is InChI=1S/C23H30N4O4/c1-15-13-27(16(2)14-28)22(29)11-18-10-19(4-5-20(18)31-21(15)12-24-3)26-23(30)17-6-8-25-9-7-17/h4-10,15-16,21,24,28H,11-14H2,1-3H3,(H,26,30)/t15-,16-,21+/m0/s1. The SMILES string of the molecule is CNC[C@H]1Oc2ccc(NC(=O)c3ccncc3)cc2CC(=O)N([C@@H](C)CO)C[C@@H]1C. The Bertz CT molecular complexity index is 906. The molecule has 3 atom stereocenters. The highest BCUT2D eigenvalue weighted by Gasteiger charge is 2.30. The molecule has 0 unspecified atom stereocenters. The summed E-state index contributed by atoms with van der Waals surface area (Å²) in [6.45, 7) is 4.89. The molecule has 1 aliphatic rings. The van der Waals surface area contributed by atoms with E-state index in [-0.39, 0.29) is 42.9 Å². The first kappa shape index (κ1) is 22.7. The molecule has 0 radical (unpaired) electrons. The average molecular weight is 427 g/mol. The monoisotopic (exact) mass is 426 g/mol. The Kier molecular flexibility index (Phi) is 7.59. The zero-order valence-corrected chi connectivity index (χ0v) is 18.2. The summed E-state index contributed by atoms with van der Waals surface area (Å²) in [6.07, 6.45) is 3.09. The molecule has 1 aromatic heterocycles. The number of nitrogens with zero attached hydrogens (tertiary/aromatic N) is 2. The van der Waals surface area contributed by atoms with E-state index in [1.54, 1.807) is 47.6 Å². The molecule has 8 nitrogen and oxygen atoms in total. The summed E-state index contributed by atoms with van der Waals surface area (Å²) in [5.74, 6) is 0.346. The van der Waals surface area contributed by atoms with E-state index in [0.29, 0.717) is 35.7 Å². The Balaban J connectivity index is 1.91. The third-order valence-corrected chi connectivity index (χ3v) is 5.52. The van der Waals surface area contributed by atoms with Crippen LogP contribution in [0.15, 0.2) is 42.7 Å². The first-order chi connectivity index (χ1) is 14.9. The van der Waals surface area contributed by atoms with Gasteiger partial charge in [-0.25, -0.2) is 0 Å². The molecule has 1 aromatic carbocycles. The molecule has 3 N–H and O–H groups in total. The molecule has 8 heteroatoms. The van der Waals surface area contributed by atoms with Crippen molar-refractivity contribution in [3.63, 3.8) is 0 Å². The van der Waals surface area contributed by atoms with Crippen LogP contribution >= 0.6 is 0 Å². The van der Waals surface area contributed by atoms with E-state index in [0.717, 1.165) is 0 Å². The van der Waals surface area contributed by atoms with E-state index < -0.39 is 0 Å². The zero-order chi connectivity index (χ0) is 22.4. The van der Waals surface area contributed by atoms with Gasteiger partial charge in [-0.2, -0.15) is 0 Å². The van der Waals surface area contributed by atoms with Gasteiger partial charge in [0, 0.05) is 48.2 Å². The van der Waals surface area contributed by atoms with Crippen molar-refractivity contribution in [1.82, 2.24) is 15.2 Å². The minimum absolute atomic E-state index is 0.0578. The zero-order valence-electron chi connectivity index (χ0n) is 18.2. The van der Waals surface area contributed by atoms with E-state index in [4.69, 9.17) is 4.74 Å². The number of aliphatic hydroxyl groups is 1. The second-order valence-electron chi connectivity index (χ2n) is 7.96. The molecule has 2 aromatic rings. The highest BCUT2D eigenvalue weighted by Crippen LogP contribution is 2.29. The van der Waals surface area contributed by atoms with E-state index in [2.05, 4.69) is 15.6 Å². The number of aromatic nitrogens is 1. The van der Waals surface area contributed by atoms with Gasteiger partial charge in [0.25, 0.3) is 5.91 Å². The fourth-order valence-electron chi connectivity index (χ4n) is 3.66. The smallest absolute Gasteiger partial charge is 0.255 e. The maximum Gasteiger partial charge on any atom is 0.255 e. The number of likely N-dealkylation sites (N-methyl/N-ethyl adjacent to an activating group) is 1. The number of rotatable bonds is 6. The molecule has 2 heterocycles. The van der Waals surface area contributed by atoms with Crippen LogP contribution in [0.2, 0.25) is 0 Å². The minimum Gasteiger partial charge on any atom is -0.488 e. The maximum absolute atomic E-state index is 13.1. The summed E-state index contributed by atoms with van der Waals surface area (Å²) in [5, 5.41) is 15.7. The fourth-order valence-corrected chi connectivity index (χ4v) is 3.66. The molecular weight excluding hydrogens is 396 g/mol. The molecule has 0 saturated heterocycles. The second kappa shape index (κ2) is 10.4. The molecule has 0 fully saturated rings. The number of carbonyl (C=O) groups excluding carboxylic acids is 2. The Labute approximate surface area is 182 Å². The van der Waals surface area contributed by atoms with E-state index in [9.17, 15) is 14.7 Å². The van der Waals surface area contributed by atoms with Gasteiger partial charge in [0.05, 0.1) is 19.1 Å². The average Bonchev–Trinajstić information content (AvgIpc) is 2.82. The van der Waals surface area contributed by atoms with E-state index in [1.807, 2.05) is 20.9 Å². The minimum atomic E-state index is -0.290. The van der Waals surface area contributed by atoms with Crippen molar-refractivity contribution in [3.8, 4) is 5.75 Å². The molecule has 1 aliphatic heterocycles. The van der Waals surface area contributed by atoms with Gasteiger partial charge in [0.15, 0.2) is 0 Å². The first-order valence-corrected chi connectivity index (χ1v) is 10.5. The van der Waals surface area contributed by atoms with E-state index in [1.165, 1.54) is 0 Å². The lowest BCUT2D eigenvalue weighted by Gasteiger charge is -2.32. The lowest BCUT2D eigenvalue weighted by atomic mass is 10.0. The fraction of sp³-hybridized carbons (Fsp3) is 0.435. The third kappa shape index (κ3) is 5.59. The number of hydrogen-bond acceptors (Lipinski definition) is 6. The molecular formula is C23H30N4O4. The van der Waals surface area contributed by atoms with Crippen LogP contribution in [0.4, 0.5) is 5.69 Å². The topological polar surface area (TPSA) is 104 Å². The summed E-state index contributed by atoms with van der Waals surface area (Å²) in [6, 6.07) is 8.33. The van der Waals surface area contributed by atoms with Crippen LogP contribution in [0, 0.1) is 5.92 Å². The Morgan fingerprint density at radius 1 is 1.32 bits per heavy atom. The number of nitrogens with one attached hydrogen (secondary N) is 2. The molecule has 2 amide bonds. The molecule has 0 saturated carbocycles. The van der Waals surface area contributed by atoms with Crippen molar-refractivity contribution in [2.75, 3.05) is 32.1 Å². The predicted molar refractivity (Wildman–Crippen MR) is 118 cm³/mol. The predicted octanol–water partition coefficient (Wildman–Crippen LogP) is 1.70. The van der Waals surface area contributed by atoms with Gasteiger partial charge >= 0.3 is 0 Å². The van der Waals surface area contributed by atoms with Crippen molar-refractivity contribution in [2.45, 2.75) is 32.4 Å². The summed E-state index contributed by atoms with van der Waals surface area (Å²) >= 11 is 0. The summed E-state index contributed by atoms with van der Waals surface area (Å²) in [4.78, 5) is 31.2. The van der Waals surface area contributed by atoms with Gasteiger partial charge < -0.3 is 25.4 Å². The number of aliphatic hydroxyl groups excluding tert-OH is 1.